The quantitative estimate of drug-likeness (QED) is 0.779. The Morgan fingerprint density at radius 3 is 2.67 bits per heavy atom. The van der Waals surface area contributed by atoms with Gasteiger partial charge in [-0.05, 0) is 12.8 Å². The molecule has 5 nitrogen and oxygen atoms in total. The number of carboxylic acids is 1. The molecule has 1 aliphatic heterocycles. The molecule has 0 aromatic carbocycles. The van der Waals surface area contributed by atoms with Crippen LogP contribution < -0.4 is 4.90 Å². The number of anilines is 1. The monoisotopic (exact) mass is 209 g/mol. The number of carbonyl (C=O) groups is 1. The molecule has 0 atom stereocenters. The van der Waals surface area contributed by atoms with Crippen molar-refractivity contribution in [2.75, 3.05) is 18.0 Å². The second-order valence-electron chi connectivity index (χ2n) is 3.95. The highest BCUT2D eigenvalue weighted by Crippen LogP contribution is 2.21. The average molecular weight is 209 g/mol. The molecule has 0 radical (unpaired) electrons. The van der Waals surface area contributed by atoms with E-state index in [-0.39, 0.29) is 5.92 Å². The number of hydrogen-bond donors (Lipinski definition) is 1. The Kier molecular flexibility index (Phi) is 2.62. The number of aryl methyl sites for hydroxylation is 1. The van der Waals surface area contributed by atoms with Gasteiger partial charge in [0.15, 0.2) is 5.82 Å². The number of carboxylic acid groups (broad SMARTS) is 1. The average Bonchev–Trinajstić information content (AvgIpc) is 2.65. The second-order valence-corrected chi connectivity index (χ2v) is 3.95. The highest BCUT2D eigenvalue weighted by molar-refractivity contribution is 5.70. The van der Waals surface area contributed by atoms with Gasteiger partial charge in [0.2, 0.25) is 0 Å². The SMILES string of the molecule is Cn1ccc(N2CCC(C(=O)O)CC2)n1. The zero-order chi connectivity index (χ0) is 10.8. The summed E-state index contributed by atoms with van der Waals surface area (Å²) in [6.07, 6.45) is 3.33. The zero-order valence-electron chi connectivity index (χ0n) is 8.76. The smallest absolute Gasteiger partial charge is 0.306 e. The number of nitrogens with zero attached hydrogens (tertiary/aromatic N) is 3. The molecule has 0 aliphatic carbocycles. The number of aliphatic carboxylic acids is 1. The van der Waals surface area contributed by atoms with E-state index >= 15 is 0 Å². The summed E-state index contributed by atoms with van der Waals surface area (Å²) in [5.74, 6) is 0.0990. The van der Waals surface area contributed by atoms with Gasteiger partial charge in [-0.2, -0.15) is 5.10 Å². The standard InChI is InChI=1S/C10H15N3O2/c1-12-5-4-9(11-12)13-6-2-8(3-7-13)10(14)15/h4-5,8H,2-3,6-7H2,1H3,(H,14,15). The van der Waals surface area contributed by atoms with Gasteiger partial charge in [-0.1, -0.05) is 0 Å². The van der Waals surface area contributed by atoms with Crippen LogP contribution >= 0.6 is 0 Å². The van der Waals surface area contributed by atoms with Gasteiger partial charge in [-0.3, -0.25) is 9.48 Å². The minimum Gasteiger partial charge on any atom is -0.481 e. The predicted octanol–water partition coefficient (Wildman–Crippen LogP) is 0.721. The Hall–Kier alpha value is -1.52. The van der Waals surface area contributed by atoms with Crippen LogP contribution in [0, 0.1) is 5.92 Å². The van der Waals surface area contributed by atoms with Crippen LogP contribution in [0.2, 0.25) is 0 Å². The molecule has 0 spiro atoms. The first-order valence-electron chi connectivity index (χ1n) is 5.14. The Morgan fingerprint density at radius 2 is 2.20 bits per heavy atom. The lowest BCUT2D eigenvalue weighted by molar-refractivity contribution is -0.142. The molecule has 2 rings (SSSR count). The van der Waals surface area contributed by atoms with Crippen molar-refractivity contribution >= 4 is 11.8 Å². The fraction of sp³-hybridized carbons (Fsp3) is 0.600. The lowest BCUT2D eigenvalue weighted by Crippen LogP contribution is -2.36. The minimum atomic E-state index is -0.671. The van der Waals surface area contributed by atoms with Crippen LogP contribution in [-0.4, -0.2) is 33.9 Å². The molecule has 1 saturated heterocycles. The predicted molar refractivity (Wildman–Crippen MR) is 55.8 cm³/mol. The molecule has 0 saturated carbocycles. The number of piperidine rings is 1. The first kappa shape index (κ1) is 10.0. The van der Waals surface area contributed by atoms with Crippen molar-refractivity contribution in [2.45, 2.75) is 12.8 Å². The summed E-state index contributed by atoms with van der Waals surface area (Å²) in [7, 11) is 1.88. The molecule has 1 aromatic rings. The van der Waals surface area contributed by atoms with Crippen molar-refractivity contribution in [3.05, 3.63) is 12.3 Å². The molecule has 15 heavy (non-hydrogen) atoms. The van der Waals surface area contributed by atoms with Crippen molar-refractivity contribution in [3.8, 4) is 0 Å². The molecule has 5 heteroatoms. The Morgan fingerprint density at radius 1 is 1.53 bits per heavy atom. The zero-order valence-corrected chi connectivity index (χ0v) is 8.76. The summed E-state index contributed by atoms with van der Waals surface area (Å²) in [6.45, 7) is 1.57. The number of hydrogen-bond acceptors (Lipinski definition) is 3. The van der Waals surface area contributed by atoms with Crippen LogP contribution in [0.5, 0.6) is 0 Å². The normalized spacial score (nSPS) is 18.1. The van der Waals surface area contributed by atoms with Crippen molar-refractivity contribution in [1.82, 2.24) is 9.78 Å². The third-order valence-electron chi connectivity index (χ3n) is 2.87. The molecule has 0 bridgehead atoms. The summed E-state index contributed by atoms with van der Waals surface area (Å²) in [6, 6.07) is 1.96. The molecule has 1 fully saturated rings. The molecule has 0 unspecified atom stereocenters. The van der Waals surface area contributed by atoms with Crippen molar-refractivity contribution in [2.24, 2.45) is 13.0 Å². The van der Waals surface area contributed by atoms with Gasteiger partial charge in [0.25, 0.3) is 0 Å². The highest BCUT2D eigenvalue weighted by Gasteiger charge is 2.25. The van der Waals surface area contributed by atoms with Gasteiger partial charge in [0.05, 0.1) is 5.92 Å². The summed E-state index contributed by atoms with van der Waals surface area (Å²) in [5, 5.41) is 13.2. The molecular weight excluding hydrogens is 194 g/mol. The van der Waals surface area contributed by atoms with Crippen molar-refractivity contribution < 1.29 is 9.90 Å². The van der Waals surface area contributed by atoms with Gasteiger partial charge in [0.1, 0.15) is 0 Å². The number of rotatable bonds is 2. The Bertz CT molecular complexity index is 353. The van der Waals surface area contributed by atoms with Gasteiger partial charge in [-0.25, -0.2) is 0 Å². The molecular formula is C10H15N3O2. The van der Waals surface area contributed by atoms with Crippen molar-refractivity contribution in [1.29, 1.82) is 0 Å². The van der Waals surface area contributed by atoms with Crippen LogP contribution in [0.1, 0.15) is 12.8 Å². The van der Waals surface area contributed by atoms with E-state index in [0.717, 1.165) is 18.9 Å². The maximum Gasteiger partial charge on any atom is 0.306 e. The van der Waals surface area contributed by atoms with Crippen LogP contribution in [0.25, 0.3) is 0 Å². The Labute approximate surface area is 88.3 Å². The molecule has 1 aromatic heterocycles. The maximum absolute atomic E-state index is 10.8. The summed E-state index contributed by atoms with van der Waals surface area (Å²) in [5.41, 5.74) is 0. The number of aromatic nitrogens is 2. The third-order valence-corrected chi connectivity index (χ3v) is 2.87. The molecule has 2 heterocycles. The summed E-state index contributed by atoms with van der Waals surface area (Å²) >= 11 is 0. The van der Waals surface area contributed by atoms with E-state index in [1.54, 1.807) is 4.68 Å². The highest BCUT2D eigenvalue weighted by atomic mass is 16.4. The first-order valence-corrected chi connectivity index (χ1v) is 5.14. The van der Waals surface area contributed by atoms with Crippen LogP contribution in [-0.2, 0) is 11.8 Å². The third kappa shape index (κ3) is 2.11. The van der Waals surface area contributed by atoms with Gasteiger partial charge in [-0.15, -0.1) is 0 Å². The van der Waals surface area contributed by atoms with Crippen LogP contribution in [0.4, 0.5) is 5.82 Å². The lowest BCUT2D eigenvalue weighted by atomic mass is 9.97. The van der Waals surface area contributed by atoms with E-state index < -0.39 is 5.97 Å². The van der Waals surface area contributed by atoms with E-state index in [1.165, 1.54) is 0 Å². The molecule has 1 aliphatic rings. The largest absolute Gasteiger partial charge is 0.481 e. The topological polar surface area (TPSA) is 58.4 Å². The molecule has 1 N–H and O–H groups in total. The summed E-state index contributed by atoms with van der Waals surface area (Å²) in [4.78, 5) is 12.9. The van der Waals surface area contributed by atoms with E-state index in [0.29, 0.717) is 12.8 Å². The maximum atomic E-state index is 10.8. The van der Waals surface area contributed by atoms with Gasteiger partial charge in [0, 0.05) is 32.4 Å². The summed E-state index contributed by atoms with van der Waals surface area (Å²) < 4.78 is 1.76. The lowest BCUT2D eigenvalue weighted by Gasteiger charge is -2.29. The van der Waals surface area contributed by atoms with E-state index in [4.69, 9.17) is 5.11 Å². The van der Waals surface area contributed by atoms with E-state index in [2.05, 4.69) is 10.00 Å². The van der Waals surface area contributed by atoms with Crippen molar-refractivity contribution in [3.63, 3.8) is 0 Å². The van der Waals surface area contributed by atoms with Crippen LogP contribution in [0.3, 0.4) is 0 Å². The van der Waals surface area contributed by atoms with E-state index in [1.807, 2.05) is 19.3 Å². The van der Waals surface area contributed by atoms with Gasteiger partial charge < -0.3 is 10.0 Å². The second kappa shape index (κ2) is 3.92. The van der Waals surface area contributed by atoms with Crippen LogP contribution in [0.15, 0.2) is 12.3 Å². The molecule has 82 valence electrons. The fourth-order valence-electron chi connectivity index (χ4n) is 1.93. The first-order chi connectivity index (χ1) is 7.16. The Balaban J connectivity index is 1.96. The minimum absolute atomic E-state index is 0.176. The molecule has 0 amide bonds. The van der Waals surface area contributed by atoms with E-state index in [9.17, 15) is 4.79 Å². The fourth-order valence-corrected chi connectivity index (χ4v) is 1.93. The van der Waals surface area contributed by atoms with Gasteiger partial charge >= 0.3 is 5.97 Å².